The topological polar surface area (TPSA) is 37.3 Å². The van der Waals surface area contributed by atoms with Crippen LogP contribution in [0.4, 0.5) is 0 Å². The molecule has 1 aliphatic rings. The van der Waals surface area contributed by atoms with Gasteiger partial charge >= 0.3 is 5.97 Å². The molecule has 1 aliphatic carbocycles. The molecule has 1 N–H and O–H groups in total. The fraction of sp³-hybridized carbons (Fsp3) is 0.533. The van der Waals surface area contributed by atoms with Crippen molar-refractivity contribution in [1.82, 2.24) is 0 Å². The molecule has 1 aromatic carbocycles. The molecular formula is C15H20O2. The van der Waals surface area contributed by atoms with Gasteiger partial charge in [-0.25, -0.2) is 0 Å². The highest BCUT2D eigenvalue weighted by Crippen LogP contribution is 2.32. The molecule has 0 spiro atoms. The summed E-state index contributed by atoms with van der Waals surface area (Å²) in [4.78, 5) is 10.7. The zero-order chi connectivity index (χ0) is 12.5. The van der Waals surface area contributed by atoms with Crippen molar-refractivity contribution in [2.24, 2.45) is 0 Å². The highest BCUT2D eigenvalue weighted by atomic mass is 16.4. The van der Waals surface area contributed by atoms with E-state index in [4.69, 9.17) is 5.11 Å². The van der Waals surface area contributed by atoms with Crippen molar-refractivity contribution < 1.29 is 9.90 Å². The number of hydrogen-bond acceptors (Lipinski definition) is 1. The molecule has 92 valence electrons. The number of aliphatic carboxylic acids is 1. The number of benzene rings is 1. The van der Waals surface area contributed by atoms with E-state index in [1.807, 2.05) is 0 Å². The van der Waals surface area contributed by atoms with E-state index in [1.165, 1.54) is 36.0 Å². The Kier molecular flexibility index (Phi) is 3.23. The molecule has 0 bridgehead atoms. The van der Waals surface area contributed by atoms with Crippen LogP contribution in [-0.2, 0) is 23.1 Å². The monoisotopic (exact) mass is 232 g/mol. The third-order valence-electron chi connectivity index (χ3n) is 3.84. The Morgan fingerprint density at radius 1 is 1.29 bits per heavy atom. The minimum atomic E-state index is -0.709. The number of hydrogen-bond donors (Lipinski definition) is 1. The molecule has 2 heteroatoms. The predicted octanol–water partition coefficient (Wildman–Crippen LogP) is 3.32. The lowest BCUT2D eigenvalue weighted by Crippen LogP contribution is -2.19. The normalized spacial score (nSPS) is 14.7. The lowest BCUT2D eigenvalue weighted by Gasteiger charge is -2.25. The van der Waals surface area contributed by atoms with Crippen LogP contribution in [0, 0.1) is 0 Å². The van der Waals surface area contributed by atoms with Crippen LogP contribution in [-0.4, -0.2) is 11.1 Å². The Hall–Kier alpha value is -1.31. The van der Waals surface area contributed by atoms with Gasteiger partial charge in [0.2, 0.25) is 0 Å². The van der Waals surface area contributed by atoms with Crippen molar-refractivity contribution in [2.45, 2.75) is 51.4 Å². The molecule has 0 heterocycles. The van der Waals surface area contributed by atoms with Crippen LogP contribution in [0.15, 0.2) is 18.2 Å². The van der Waals surface area contributed by atoms with Gasteiger partial charge in [0, 0.05) is 6.42 Å². The molecule has 0 unspecified atom stereocenters. The number of aryl methyl sites for hydroxylation is 2. The van der Waals surface area contributed by atoms with E-state index in [0.717, 1.165) is 0 Å². The zero-order valence-electron chi connectivity index (χ0n) is 10.6. The molecule has 0 aromatic heterocycles. The van der Waals surface area contributed by atoms with Gasteiger partial charge in [0.25, 0.3) is 0 Å². The first-order valence-corrected chi connectivity index (χ1v) is 6.33. The molecule has 0 aliphatic heterocycles. The van der Waals surface area contributed by atoms with E-state index in [1.54, 1.807) is 0 Å². The standard InChI is InChI=1S/C15H20O2/c1-15(2,9-8-14(16)17)13-7-6-11-4-3-5-12(11)10-13/h6-7,10H,3-5,8-9H2,1-2H3,(H,16,17). The number of rotatable bonds is 4. The summed E-state index contributed by atoms with van der Waals surface area (Å²) >= 11 is 0. The van der Waals surface area contributed by atoms with E-state index in [9.17, 15) is 4.79 Å². The van der Waals surface area contributed by atoms with Crippen LogP contribution in [0.5, 0.6) is 0 Å². The van der Waals surface area contributed by atoms with Crippen molar-refractivity contribution in [3.8, 4) is 0 Å². The number of carboxylic acid groups (broad SMARTS) is 1. The molecule has 0 radical (unpaired) electrons. The average Bonchev–Trinajstić information content (AvgIpc) is 2.73. The Labute approximate surface area is 103 Å². The maximum atomic E-state index is 10.7. The highest BCUT2D eigenvalue weighted by molar-refractivity contribution is 5.66. The van der Waals surface area contributed by atoms with Gasteiger partial charge in [-0.2, -0.15) is 0 Å². The molecule has 1 aromatic rings. The molecule has 2 nitrogen and oxygen atoms in total. The van der Waals surface area contributed by atoms with Crippen molar-refractivity contribution >= 4 is 5.97 Å². The fourth-order valence-corrected chi connectivity index (χ4v) is 2.56. The first kappa shape index (κ1) is 12.2. The molecule has 0 saturated carbocycles. The van der Waals surface area contributed by atoms with Crippen LogP contribution in [0.2, 0.25) is 0 Å². The molecule has 0 atom stereocenters. The minimum absolute atomic E-state index is 0.0456. The first-order valence-electron chi connectivity index (χ1n) is 6.33. The van der Waals surface area contributed by atoms with E-state index < -0.39 is 5.97 Å². The van der Waals surface area contributed by atoms with Gasteiger partial charge in [-0.05, 0) is 47.8 Å². The van der Waals surface area contributed by atoms with E-state index >= 15 is 0 Å². The van der Waals surface area contributed by atoms with E-state index in [0.29, 0.717) is 6.42 Å². The summed E-state index contributed by atoms with van der Waals surface area (Å²) in [5.74, 6) is -0.709. The zero-order valence-corrected chi connectivity index (χ0v) is 10.6. The largest absolute Gasteiger partial charge is 0.481 e. The summed E-state index contributed by atoms with van der Waals surface area (Å²) < 4.78 is 0. The van der Waals surface area contributed by atoms with Gasteiger partial charge in [0.1, 0.15) is 0 Å². The van der Waals surface area contributed by atoms with Crippen LogP contribution in [0.1, 0.15) is 49.8 Å². The van der Waals surface area contributed by atoms with Crippen molar-refractivity contribution in [2.75, 3.05) is 0 Å². The van der Waals surface area contributed by atoms with Gasteiger partial charge in [0.15, 0.2) is 0 Å². The Balaban J connectivity index is 2.18. The third kappa shape index (κ3) is 2.68. The smallest absolute Gasteiger partial charge is 0.303 e. The maximum absolute atomic E-state index is 10.7. The number of fused-ring (bicyclic) bond motifs is 1. The molecule has 0 amide bonds. The summed E-state index contributed by atoms with van der Waals surface area (Å²) in [6.07, 6.45) is 4.57. The van der Waals surface area contributed by atoms with Crippen LogP contribution >= 0.6 is 0 Å². The summed E-state index contributed by atoms with van der Waals surface area (Å²) in [6, 6.07) is 6.68. The van der Waals surface area contributed by atoms with E-state index in [2.05, 4.69) is 32.0 Å². The van der Waals surface area contributed by atoms with Gasteiger partial charge < -0.3 is 5.11 Å². The second-order valence-electron chi connectivity index (χ2n) is 5.61. The summed E-state index contributed by atoms with van der Waals surface area (Å²) in [7, 11) is 0. The maximum Gasteiger partial charge on any atom is 0.303 e. The number of carboxylic acids is 1. The first-order chi connectivity index (χ1) is 7.99. The third-order valence-corrected chi connectivity index (χ3v) is 3.84. The average molecular weight is 232 g/mol. The van der Waals surface area contributed by atoms with Crippen molar-refractivity contribution in [3.05, 3.63) is 34.9 Å². The van der Waals surface area contributed by atoms with E-state index in [-0.39, 0.29) is 11.8 Å². The Bertz CT molecular complexity index is 433. The predicted molar refractivity (Wildman–Crippen MR) is 68.4 cm³/mol. The molecule has 2 rings (SSSR count). The minimum Gasteiger partial charge on any atom is -0.481 e. The van der Waals surface area contributed by atoms with Crippen LogP contribution in [0.3, 0.4) is 0 Å². The molecule has 0 fully saturated rings. The Morgan fingerprint density at radius 3 is 2.71 bits per heavy atom. The lowest BCUT2D eigenvalue weighted by atomic mass is 9.79. The highest BCUT2D eigenvalue weighted by Gasteiger charge is 2.23. The Morgan fingerprint density at radius 2 is 2.00 bits per heavy atom. The van der Waals surface area contributed by atoms with Gasteiger partial charge in [-0.3, -0.25) is 4.79 Å². The summed E-state index contributed by atoms with van der Waals surface area (Å²) in [5, 5.41) is 8.78. The van der Waals surface area contributed by atoms with Gasteiger partial charge in [-0.1, -0.05) is 32.0 Å². The quantitative estimate of drug-likeness (QED) is 0.864. The second kappa shape index (κ2) is 4.52. The second-order valence-corrected chi connectivity index (χ2v) is 5.61. The molecular weight excluding hydrogens is 212 g/mol. The summed E-state index contributed by atoms with van der Waals surface area (Å²) in [6.45, 7) is 4.26. The fourth-order valence-electron chi connectivity index (χ4n) is 2.56. The van der Waals surface area contributed by atoms with Gasteiger partial charge in [0.05, 0.1) is 0 Å². The summed E-state index contributed by atoms with van der Waals surface area (Å²) in [5.41, 5.74) is 4.17. The number of carbonyl (C=O) groups is 1. The lowest BCUT2D eigenvalue weighted by molar-refractivity contribution is -0.137. The molecule has 17 heavy (non-hydrogen) atoms. The molecule has 0 saturated heterocycles. The SMILES string of the molecule is CC(C)(CCC(=O)O)c1ccc2c(c1)CCC2. The van der Waals surface area contributed by atoms with Crippen LogP contribution < -0.4 is 0 Å². The van der Waals surface area contributed by atoms with Gasteiger partial charge in [-0.15, -0.1) is 0 Å². The van der Waals surface area contributed by atoms with Crippen molar-refractivity contribution in [1.29, 1.82) is 0 Å². The van der Waals surface area contributed by atoms with Crippen molar-refractivity contribution in [3.63, 3.8) is 0 Å². The van der Waals surface area contributed by atoms with Crippen LogP contribution in [0.25, 0.3) is 0 Å².